The highest BCUT2D eigenvalue weighted by molar-refractivity contribution is 14.1. The van der Waals surface area contributed by atoms with Crippen molar-refractivity contribution in [2.45, 2.75) is 25.7 Å². The molecule has 0 aliphatic heterocycles. The second-order valence-corrected chi connectivity index (χ2v) is 5.49. The predicted molar refractivity (Wildman–Crippen MR) is 71.8 cm³/mol. The van der Waals surface area contributed by atoms with Gasteiger partial charge in [0.25, 0.3) is 0 Å². The highest BCUT2D eigenvalue weighted by Gasteiger charge is 2.06. The average Bonchev–Trinajstić information content (AvgIpc) is 2.15. The van der Waals surface area contributed by atoms with E-state index < -0.39 is 0 Å². The normalized spacial score (nSPS) is 21.4. The van der Waals surface area contributed by atoms with Crippen LogP contribution in [0.3, 0.4) is 0 Å². The molecule has 2 heteroatoms. The van der Waals surface area contributed by atoms with Gasteiger partial charge in [0.05, 0.1) is 0 Å². The number of nitrogens with zero attached hydrogens (tertiary/aromatic N) is 1. The summed E-state index contributed by atoms with van der Waals surface area (Å²) in [6, 6.07) is 0. The van der Waals surface area contributed by atoms with Crippen LogP contribution in [0.25, 0.3) is 0 Å². The van der Waals surface area contributed by atoms with Gasteiger partial charge in [-0.25, -0.2) is 0 Å². The second kappa shape index (κ2) is 6.62. The monoisotopic (exact) mass is 305 g/mol. The summed E-state index contributed by atoms with van der Waals surface area (Å²) in [6.07, 6.45) is 12.3. The second-order valence-electron chi connectivity index (χ2n) is 4.24. The van der Waals surface area contributed by atoms with Crippen LogP contribution in [0.5, 0.6) is 0 Å². The third kappa shape index (κ3) is 5.15. The Morgan fingerprint density at radius 1 is 1.43 bits per heavy atom. The minimum absolute atomic E-state index is 0.802. The zero-order chi connectivity index (χ0) is 10.4. The van der Waals surface area contributed by atoms with Crippen LogP contribution in [0.15, 0.2) is 21.8 Å². The van der Waals surface area contributed by atoms with Crippen LogP contribution in [0.2, 0.25) is 0 Å². The molecule has 0 saturated heterocycles. The molecule has 1 aliphatic rings. The largest absolute Gasteiger partial charge is 0.309 e. The first-order chi connectivity index (χ1) is 6.68. The Balaban J connectivity index is 2.06. The van der Waals surface area contributed by atoms with Crippen molar-refractivity contribution in [1.29, 1.82) is 0 Å². The van der Waals surface area contributed by atoms with Crippen LogP contribution in [0, 0.1) is 5.92 Å². The summed E-state index contributed by atoms with van der Waals surface area (Å²) in [5.41, 5.74) is 0. The molecule has 1 rings (SSSR count). The van der Waals surface area contributed by atoms with Crippen molar-refractivity contribution in [3.8, 4) is 0 Å². The molecule has 0 amide bonds. The molecule has 0 saturated carbocycles. The molecule has 0 spiro atoms. The van der Waals surface area contributed by atoms with Gasteiger partial charge in [-0.1, -0.05) is 24.6 Å². The molecule has 0 bridgehead atoms. The lowest BCUT2D eigenvalue weighted by molar-refractivity contribution is 0.384. The van der Waals surface area contributed by atoms with Crippen LogP contribution < -0.4 is 0 Å². The van der Waals surface area contributed by atoms with E-state index in [4.69, 9.17) is 0 Å². The highest BCUT2D eigenvalue weighted by Crippen LogP contribution is 2.24. The minimum Gasteiger partial charge on any atom is -0.309 e. The molecule has 0 N–H and O–H groups in total. The van der Waals surface area contributed by atoms with Crippen molar-refractivity contribution in [3.63, 3.8) is 0 Å². The van der Waals surface area contributed by atoms with Gasteiger partial charge in [0.1, 0.15) is 0 Å². The van der Waals surface area contributed by atoms with Crippen LogP contribution >= 0.6 is 22.6 Å². The SMILES string of the molecule is CN(C)CCCCC1C=CC(I)=CC1. The van der Waals surface area contributed by atoms with Gasteiger partial charge in [0.2, 0.25) is 0 Å². The quantitative estimate of drug-likeness (QED) is 0.554. The van der Waals surface area contributed by atoms with E-state index in [-0.39, 0.29) is 0 Å². The van der Waals surface area contributed by atoms with Gasteiger partial charge in [-0.15, -0.1) is 0 Å². The van der Waals surface area contributed by atoms with Gasteiger partial charge in [-0.2, -0.15) is 0 Å². The van der Waals surface area contributed by atoms with E-state index in [1.165, 1.54) is 35.8 Å². The first kappa shape index (κ1) is 12.2. The fourth-order valence-electron chi connectivity index (χ4n) is 1.69. The van der Waals surface area contributed by atoms with E-state index in [9.17, 15) is 0 Å². The molecular formula is C12H20IN. The number of hydrogen-bond acceptors (Lipinski definition) is 1. The number of rotatable bonds is 5. The Labute approximate surface area is 101 Å². The van der Waals surface area contributed by atoms with E-state index in [1.807, 2.05) is 0 Å². The molecule has 1 unspecified atom stereocenters. The van der Waals surface area contributed by atoms with Gasteiger partial charge in [-0.3, -0.25) is 0 Å². The Hall–Kier alpha value is 0.170. The van der Waals surface area contributed by atoms with Crippen LogP contribution in [-0.2, 0) is 0 Å². The van der Waals surface area contributed by atoms with Crippen molar-refractivity contribution in [1.82, 2.24) is 4.90 Å². The maximum absolute atomic E-state index is 2.39. The first-order valence-corrected chi connectivity index (χ1v) is 6.45. The van der Waals surface area contributed by atoms with Crippen molar-refractivity contribution in [2.75, 3.05) is 20.6 Å². The summed E-state index contributed by atoms with van der Waals surface area (Å²) in [5, 5.41) is 0. The van der Waals surface area contributed by atoms with E-state index in [0.717, 1.165) is 5.92 Å². The van der Waals surface area contributed by atoms with Crippen LogP contribution in [0.4, 0.5) is 0 Å². The van der Waals surface area contributed by atoms with Crippen molar-refractivity contribution in [2.24, 2.45) is 5.92 Å². The molecule has 0 aromatic heterocycles. The summed E-state index contributed by atoms with van der Waals surface area (Å²) < 4.78 is 1.40. The van der Waals surface area contributed by atoms with E-state index in [0.29, 0.717) is 0 Å². The molecular weight excluding hydrogens is 285 g/mol. The fourth-order valence-corrected chi connectivity index (χ4v) is 2.15. The third-order valence-electron chi connectivity index (χ3n) is 2.57. The summed E-state index contributed by atoms with van der Waals surface area (Å²) in [7, 11) is 4.29. The molecule has 0 aromatic carbocycles. The molecule has 1 aliphatic carbocycles. The van der Waals surface area contributed by atoms with Gasteiger partial charge < -0.3 is 4.90 Å². The van der Waals surface area contributed by atoms with Gasteiger partial charge >= 0.3 is 0 Å². The Kier molecular flexibility index (Phi) is 5.78. The van der Waals surface area contributed by atoms with Crippen LogP contribution in [0.1, 0.15) is 25.7 Å². The number of allylic oxidation sites excluding steroid dienone is 4. The Morgan fingerprint density at radius 2 is 2.21 bits per heavy atom. The lowest BCUT2D eigenvalue weighted by Gasteiger charge is -2.15. The van der Waals surface area contributed by atoms with Crippen molar-refractivity contribution >= 4 is 22.6 Å². The number of halogens is 1. The summed E-state index contributed by atoms with van der Waals surface area (Å²) in [4.78, 5) is 2.26. The molecule has 0 fully saturated rings. The van der Waals surface area contributed by atoms with Gasteiger partial charge in [0.15, 0.2) is 0 Å². The molecule has 80 valence electrons. The maximum Gasteiger partial charge on any atom is 0.00871 e. The van der Waals surface area contributed by atoms with Gasteiger partial charge in [0, 0.05) is 3.58 Å². The van der Waals surface area contributed by atoms with Crippen molar-refractivity contribution < 1.29 is 0 Å². The lowest BCUT2D eigenvalue weighted by Crippen LogP contribution is -2.13. The van der Waals surface area contributed by atoms with Crippen LogP contribution in [-0.4, -0.2) is 25.5 Å². The molecule has 0 heterocycles. The van der Waals surface area contributed by atoms with Gasteiger partial charge in [-0.05, 0) is 68.4 Å². The summed E-state index contributed by atoms with van der Waals surface area (Å²) in [6.45, 7) is 1.23. The minimum atomic E-state index is 0.802. The zero-order valence-corrected chi connectivity index (χ0v) is 11.3. The molecule has 14 heavy (non-hydrogen) atoms. The lowest BCUT2D eigenvalue weighted by atomic mass is 9.95. The van der Waals surface area contributed by atoms with E-state index >= 15 is 0 Å². The topological polar surface area (TPSA) is 3.24 Å². The van der Waals surface area contributed by atoms with E-state index in [1.54, 1.807) is 0 Å². The zero-order valence-electron chi connectivity index (χ0n) is 9.17. The highest BCUT2D eigenvalue weighted by atomic mass is 127. The number of hydrogen-bond donors (Lipinski definition) is 0. The third-order valence-corrected chi connectivity index (χ3v) is 3.37. The smallest absolute Gasteiger partial charge is 0.00871 e. The molecule has 0 aromatic rings. The molecule has 1 atom stereocenters. The average molecular weight is 305 g/mol. The number of unbranched alkanes of at least 4 members (excludes halogenated alkanes) is 1. The first-order valence-electron chi connectivity index (χ1n) is 5.37. The summed E-state index contributed by atoms with van der Waals surface area (Å²) >= 11 is 2.39. The molecule has 1 nitrogen and oxygen atoms in total. The Morgan fingerprint density at radius 3 is 2.79 bits per heavy atom. The fraction of sp³-hybridized carbons (Fsp3) is 0.667. The standard InChI is InChI=1S/C12H20IN/c1-14(2)10-4-3-5-11-6-8-12(13)9-7-11/h6,8-9,11H,3-5,7,10H2,1-2H3. The summed E-state index contributed by atoms with van der Waals surface area (Å²) in [5.74, 6) is 0.802. The van der Waals surface area contributed by atoms with Crippen molar-refractivity contribution in [3.05, 3.63) is 21.8 Å². The predicted octanol–water partition coefficient (Wildman–Crippen LogP) is 3.61. The molecule has 0 radical (unpaired) electrons. The maximum atomic E-state index is 2.39. The van der Waals surface area contributed by atoms with E-state index in [2.05, 4.69) is 59.8 Å². The Bertz CT molecular complexity index is 218.